The standard InChI is InChI=1S/C22H28N2O2/c1-3-16-7-9-17(10-8-16)20(25)23-14-19-13-18(23)15-24(19)21(26)22(4-2)11-5-6-12-22/h3,7-10,18-19H,1,4-6,11-15H2,2H3/t18-,19-/m0/s1. The van der Waals surface area contributed by atoms with Crippen LogP contribution in [0.25, 0.3) is 6.08 Å². The van der Waals surface area contributed by atoms with E-state index in [0.29, 0.717) is 19.0 Å². The minimum absolute atomic E-state index is 0.0892. The summed E-state index contributed by atoms with van der Waals surface area (Å²) < 4.78 is 0. The van der Waals surface area contributed by atoms with Crippen LogP contribution < -0.4 is 0 Å². The van der Waals surface area contributed by atoms with Crippen molar-refractivity contribution in [3.05, 3.63) is 42.0 Å². The van der Waals surface area contributed by atoms with Gasteiger partial charge in [0.2, 0.25) is 5.91 Å². The number of rotatable bonds is 4. The third-order valence-electron chi connectivity index (χ3n) is 6.85. The van der Waals surface area contributed by atoms with Gasteiger partial charge in [-0.3, -0.25) is 9.59 Å². The van der Waals surface area contributed by atoms with Crippen LogP contribution in [0, 0.1) is 5.41 Å². The Morgan fingerprint density at radius 2 is 1.73 bits per heavy atom. The Balaban J connectivity index is 1.45. The Labute approximate surface area is 155 Å². The van der Waals surface area contributed by atoms with E-state index in [9.17, 15) is 9.59 Å². The van der Waals surface area contributed by atoms with Crippen molar-refractivity contribution < 1.29 is 9.59 Å². The van der Waals surface area contributed by atoms with Gasteiger partial charge in [-0.1, -0.05) is 44.6 Å². The summed E-state index contributed by atoms with van der Waals surface area (Å²) in [4.78, 5) is 30.2. The molecular weight excluding hydrogens is 324 g/mol. The minimum atomic E-state index is -0.125. The van der Waals surface area contributed by atoms with Crippen LogP contribution in [0.1, 0.15) is 61.4 Å². The number of carbonyl (C=O) groups excluding carboxylic acids is 2. The minimum Gasteiger partial charge on any atom is -0.335 e. The first-order chi connectivity index (χ1) is 12.6. The number of amides is 2. The van der Waals surface area contributed by atoms with E-state index in [1.165, 1.54) is 12.8 Å². The Morgan fingerprint density at radius 1 is 1.12 bits per heavy atom. The van der Waals surface area contributed by atoms with Gasteiger partial charge in [0.25, 0.3) is 5.91 Å². The lowest BCUT2D eigenvalue weighted by atomic mass is 9.81. The largest absolute Gasteiger partial charge is 0.335 e. The molecule has 3 fully saturated rings. The molecule has 2 atom stereocenters. The molecule has 3 aliphatic rings. The number of hydrogen-bond donors (Lipinski definition) is 0. The normalized spacial score (nSPS) is 26.3. The van der Waals surface area contributed by atoms with Gasteiger partial charge in [-0.15, -0.1) is 0 Å². The summed E-state index contributed by atoms with van der Waals surface area (Å²) in [5.74, 6) is 0.443. The molecule has 0 unspecified atom stereocenters. The van der Waals surface area contributed by atoms with E-state index < -0.39 is 0 Å². The van der Waals surface area contributed by atoms with Crippen molar-refractivity contribution in [2.45, 2.75) is 57.5 Å². The average Bonchev–Trinajstić information content (AvgIpc) is 3.42. The highest BCUT2D eigenvalue weighted by molar-refractivity contribution is 5.95. The molecule has 2 aliphatic heterocycles. The van der Waals surface area contributed by atoms with Gasteiger partial charge in [-0.25, -0.2) is 0 Å². The maximum Gasteiger partial charge on any atom is 0.254 e. The SMILES string of the molecule is C=Cc1ccc(C(=O)N2C[C@@H]3C[C@H]2CN3C(=O)C2(CC)CCCC2)cc1. The molecular formula is C22H28N2O2. The maximum absolute atomic E-state index is 13.2. The lowest BCUT2D eigenvalue weighted by molar-refractivity contribution is -0.144. The van der Waals surface area contributed by atoms with E-state index in [4.69, 9.17) is 0 Å². The number of nitrogens with zero attached hydrogens (tertiary/aromatic N) is 2. The molecule has 138 valence electrons. The molecule has 1 aromatic carbocycles. The molecule has 26 heavy (non-hydrogen) atoms. The topological polar surface area (TPSA) is 40.6 Å². The summed E-state index contributed by atoms with van der Waals surface area (Å²) in [5, 5.41) is 0. The summed E-state index contributed by atoms with van der Waals surface area (Å²) >= 11 is 0. The van der Waals surface area contributed by atoms with Crippen molar-refractivity contribution in [2.24, 2.45) is 5.41 Å². The van der Waals surface area contributed by atoms with E-state index >= 15 is 0 Å². The predicted molar refractivity (Wildman–Crippen MR) is 103 cm³/mol. The quantitative estimate of drug-likeness (QED) is 0.828. The first kappa shape index (κ1) is 17.3. The van der Waals surface area contributed by atoms with Gasteiger partial charge in [-0.05, 0) is 43.4 Å². The first-order valence-electron chi connectivity index (χ1n) is 9.92. The lowest BCUT2D eigenvalue weighted by Gasteiger charge is -2.39. The van der Waals surface area contributed by atoms with Gasteiger partial charge in [0.1, 0.15) is 0 Å². The van der Waals surface area contributed by atoms with Crippen LogP contribution in [-0.2, 0) is 4.79 Å². The van der Waals surface area contributed by atoms with Crippen molar-refractivity contribution >= 4 is 17.9 Å². The molecule has 0 spiro atoms. The van der Waals surface area contributed by atoms with Crippen LogP contribution in [0.2, 0.25) is 0 Å². The second-order valence-corrected chi connectivity index (χ2v) is 8.13. The van der Waals surface area contributed by atoms with Gasteiger partial charge in [0, 0.05) is 24.1 Å². The highest BCUT2D eigenvalue weighted by Gasteiger charge is 2.51. The molecule has 1 aliphatic carbocycles. The zero-order valence-corrected chi connectivity index (χ0v) is 15.6. The molecule has 1 aromatic rings. The molecule has 0 radical (unpaired) electrons. The number of hydrogen-bond acceptors (Lipinski definition) is 2. The molecule has 4 rings (SSSR count). The Hall–Kier alpha value is -2.10. The molecule has 2 saturated heterocycles. The van der Waals surface area contributed by atoms with E-state index in [0.717, 1.165) is 36.8 Å². The van der Waals surface area contributed by atoms with Gasteiger partial charge in [0.15, 0.2) is 0 Å². The van der Waals surface area contributed by atoms with Crippen molar-refractivity contribution in [3.63, 3.8) is 0 Å². The van der Waals surface area contributed by atoms with Crippen LogP contribution >= 0.6 is 0 Å². The van der Waals surface area contributed by atoms with Gasteiger partial charge >= 0.3 is 0 Å². The third-order valence-corrected chi connectivity index (χ3v) is 6.85. The Morgan fingerprint density at radius 3 is 2.27 bits per heavy atom. The summed E-state index contributed by atoms with van der Waals surface area (Å²) in [6, 6.07) is 7.97. The van der Waals surface area contributed by atoms with Crippen molar-refractivity contribution in [2.75, 3.05) is 13.1 Å². The molecule has 2 bridgehead atoms. The molecule has 4 nitrogen and oxygen atoms in total. The number of carbonyl (C=O) groups is 2. The molecule has 2 amide bonds. The van der Waals surface area contributed by atoms with Crippen LogP contribution in [-0.4, -0.2) is 46.8 Å². The van der Waals surface area contributed by atoms with Crippen molar-refractivity contribution in [1.82, 2.24) is 9.80 Å². The van der Waals surface area contributed by atoms with Crippen LogP contribution in [0.15, 0.2) is 30.8 Å². The van der Waals surface area contributed by atoms with E-state index in [2.05, 4.69) is 18.4 Å². The molecule has 0 aromatic heterocycles. The highest BCUT2D eigenvalue weighted by Crippen LogP contribution is 2.45. The molecule has 2 heterocycles. The smallest absolute Gasteiger partial charge is 0.254 e. The zero-order chi connectivity index (χ0) is 18.3. The van der Waals surface area contributed by atoms with Gasteiger partial charge in [-0.2, -0.15) is 0 Å². The van der Waals surface area contributed by atoms with Crippen molar-refractivity contribution in [3.8, 4) is 0 Å². The number of benzene rings is 1. The van der Waals surface area contributed by atoms with Crippen LogP contribution in [0.3, 0.4) is 0 Å². The maximum atomic E-state index is 13.2. The fraction of sp³-hybridized carbons (Fsp3) is 0.545. The Kier molecular flexibility index (Phi) is 4.37. The lowest BCUT2D eigenvalue weighted by Crippen LogP contribution is -2.54. The zero-order valence-electron chi connectivity index (χ0n) is 15.6. The fourth-order valence-corrected chi connectivity index (χ4v) is 5.17. The summed E-state index contributed by atoms with van der Waals surface area (Å²) in [5.41, 5.74) is 1.62. The number of piperazine rings is 1. The van der Waals surface area contributed by atoms with Gasteiger partial charge < -0.3 is 9.80 Å². The summed E-state index contributed by atoms with van der Waals surface area (Å²) in [6.45, 7) is 7.29. The molecule has 0 N–H and O–H groups in total. The van der Waals surface area contributed by atoms with E-state index in [1.807, 2.05) is 29.2 Å². The molecule has 1 saturated carbocycles. The monoisotopic (exact) mass is 352 g/mol. The third kappa shape index (κ3) is 2.67. The Bertz CT molecular complexity index is 718. The van der Waals surface area contributed by atoms with E-state index in [-0.39, 0.29) is 23.4 Å². The predicted octanol–water partition coefficient (Wildman–Crippen LogP) is 3.73. The number of likely N-dealkylation sites (tertiary alicyclic amines) is 2. The summed E-state index contributed by atoms with van der Waals surface area (Å²) in [7, 11) is 0. The molecule has 4 heteroatoms. The van der Waals surface area contributed by atoms with Gasteiger partial charge in [0.05, 0.1) is 12.1 Å². The average molecular weight is 352 g/mol. The van der Waals surface area contributed by atoms with Crippen molar-refractivity contribution in [1.29, 1.82) is 0 Å². The van der Waals surface area contributed by atoms with Crippen LogP contribution in [0.5, 0.6) is 0 Å². The summed E-state index contributed by atoms with van der Waals surface area (Å²) in [6.07, 6.45) is 8.07. The van der Waals surface area contributed by atoms with E-state index in [1.54, 1.807) is 6.08 Å². The second-order valence-electron chi connectivity index (χ2n) is 8.13. The van der Waals surface area contributed by atoms with Crippen LogP contribution in [0.4, 0.5) is 0 Å². The fourth-order valence-electron chi connectivity index (χ4n) is 5.17. The second kappa shape index (κ2) is 6.57. The first-order valence-corrected chi connectivity index (χ1v) is 9.92. The highest BCUT2D eigenvalue weighted by atomic mass is 16.2. The number of fused-ring (bicyclic) bond motifs is 2.